The minimum absolute atomic E-state index is 0.255. The van der Waals surface area contributed by atoms with Crippen LogP contribution in [0.25, 0.3) is 0 Å². The average molecular weight is 408 g/mol. The van der Waals surface area contributed by atoms with Crippen molar-refractivity contribution < 1.29 is 4.79 Å². The summed E-state index contributed by atoms with van der Waals surface area (Å²) in [5, 5.41) is 5.73. The summed E-state index contributed by atoms with van der Waals surface area (Å²) in [6, 6.07) is 11.1. The molecule has 2 N–H and O–H groups in total. The fourth-order valence-corrected chi connectivity index (χ4v) is 2.85. The highest BCUT2D eigenvalue weighted by molar-refractivity contribution is 14.1. The van der Waals surface area contributed by atoms with Crippen LogP contribution in [-0.4, -0.2) is 24.1 Å². The lowest BCUT2D eigenvalue weighted by molar-refractivity contribution is 0.262. The zero-order valence-corrected chi connectivity index (χ0v) is 14.2. The lowest BCUT2D eigenvalue weighted by Gasteiger charge is -2.20. The van der Waals surface area contributed by atoms with E-state index in [-0.39, 0.29) is 6.03 Å². The molecule has 0 radical (unpaired) electrons. The minimum Gasteiger partial charge on any atom is -0.355 e. The van der Waals surface area contributed by atoms with Gasteiger partial charge in [-0.05, 0) is 71.8 Å². The molecule has 2 aromatic rings. The zero-order valence-electron chi connectivity index (χ0n) is 12.1. The minimum atomic E-state index is -0.255. The number of pyridine rings is 1. The quantitative estimate of drug-likeness (QED) is 0.757. The van der Waals surface area contributed by atoms with Gasteiger partial charge in [-0.25, -0.2) is 9.78 Å². The SMILES string of the molecule is O=C(Nc1ccc(I)cc1)Nc1cccnc1N1CCCC1. The van der Waals surface area contributed by atoms with E-state index in [1.54, 1.807) is 6.20 Å². The summed E-state index contributed by atoms with van der Waals surface area (Å²) < 4.78 is 1.13. The second kappa shape index (κ2) is 6.95. The number of nitrogens with zero attached hydrogens (tertiary/aromatic N) is 2. The van der Waals surface area contributed by atoms with Crippen LogP contribution in [0.2, 0.25) is 0 Å². The first-order valence-corrected chi connectivity index (χ1v) is 8.34. The molecule has 2 heterocycles. The summed E-state index contributed by atoms with van der Waals surface area (Å²) in [6.45, 7) is 1.98. The van der Waals surface area contributed by atoms with Gasteiger partial charge in [-0.15, -0.1) is 0 Å². The molecular formula is C16H17IN4O. The van der Waals surface area contributed by atoms with E-state index in [0.29, 0.717) is 0 Å². The van der Waals surface area contributed by atoms with E-state index >= 15 is 0 Å². The molecule has 1 aromatic heterocycles. The number of amides is 2. The molecule has 1 aromatic carbocycles. The number of aromatic nitrogens is 1. The first kappa shape index (κ1) is 15.1. The van der Waals surface area contributed by atoms with Crippen LogP contribution in [-0.2, 0) is 0 Å². The summed E-state index contributed by atoms with van der Waals surface area (Å²) in [4.78, 5) is 18.8. The molecule has 1 fully saturated rings. The van der Waals surface area contributed by atoms with Crippen molar-refractivity contribution in [3.8, 4) is 0 Å². The van der Waals surface area contributed by atoms with Crippen LogP contribution >= 0.6 is 22.6 Å². The molecule has 5 nitrogen and oxygen atoms in total. The van der Waals surface area contributed by atoms with Crippen LogP contribution < -0.4 is 15.5 Å². The van der Waals surface area contributed by atoms with E-state index in [1.807, 2.05) is 36.4 Å². The molecule has 0 bridgehead atoms. The van der Waals surface area contributed by atoms with Crippen molar-refractivity contribution in [1.82, 2.24) is 4.98 Å². The molecule has 22 heavy (non-hydrogen) atoms. The smallest absolute Gasteiger partial charge is 0.323 e. The summed E-state index contributed by atoms with van der Waals surface area (Å²) >= 11 is 2.23. The number of rotatable bonds is 3. The van der Waals surface area contributed by atoms with Gasteiger partial charge in [0.05, 0.1) is 5.69 Å². The van der Waals surface area contributed by atoms with Crippen LogP contribution in [0, 0.1) is 3.57 Å². The Kier molecular flexibility index (Phi) is 4.77. The van der Waals surface area contributed by atoms with E-state index in [9.17, 15) is 4.79 Å². The van der Waals surface area contributed by atoms with E-state index in [4.69, 9.17) is 0 Å². The van der Waals surface area contributed by atoms with Crippen LogP contribution in [0.3, 0.4) is 0 Å². The predicted molar refractivity (Wildman–Crippen MR) is 97.5 cm³/mol. The summed E-state index contributed by atoms with van der Waals surface area (Å²) in [7, 11) is 0. The fourth-order valence-electron chi connectivity index (χ4n) is 2.49. The second-order valence-corrected chi connectivity index (χ2v) is 6.40. The molecule has 114 valence electrons. The Balaban J connectivity index is 1.69. The number of halogens is 1. The number of carbonyl (C=O) groups excluding carboxylic acids is 1. The zero-order chi connectivity index (χ0) is 15.4. The Hall–Kier alpha value is -1.83. The van der Waals surface area contributed by atoms with Gasteiger partial charge in [0, 0.05) is 28.5 Å². The topological polar surface area (TPSA) is 57.3 Å². The number of nitrogens with one attached hydrogen (secondary N) is 2. The van der Waals surface area contributed by atoms with Crippen molar-refractivity contribution in [3.63, 3.8) is 0 Å². The Morgan fingerprint density at radius 1 is 1.09 bits per heavy atom. The molecule has 1 saturated heterocycles. The fraction of sp³-hybridized carbons (Fsp3) is 0.250. The third-order valence-electron chi connectivity index (χ3n) is 3.54. The average Bonchev–Trinajstić information content (AvgIpc) is 3.04. The Bertz CT molecular complexity index is 653. The number of anilines is 3. The van der Waals surface area contributed by atoms with Gasteiger partial charge in [0.25, 0.3) is 0 Å². The van der Waals surface area contributed by atoms with E-state index in [1.165, 1.54) is 12.8 Å². The van der Waals surface area contributed by atoms with Crippen molar-refractivity contribution in [1.29, 1.82) is 0 Å². The lowest BCUT2D eigenvalue weighted by Crippen LogP contribution is -2.24. The van der Waals surface area contributed by atoms with Gasteiger partial charge in [0.1, 0.15) is 0 Å². The van der Waals surface area contributed by atoms with Crippen LogP contribution in [0.4, 0.5) is 22.0 Å². The van der Waals surface area contributed by atoms with E-state index in [0.717, 1.165) is 33.9 Å². The maximum Gasteiger partial charge on any atom is 0.323 e. The standard InChI is InChI=1S/C16H17IN4O/c17-12-5-7-13(8-6-12)19-16(22)20-14-4-3-9-18-15(14)21-10-1-2-11-21/h3-9H,1-2,10-11H2,(H2,19,20,22). The number of carbonyl (C=O) groups is 1. The van der Waals surface area contributed by atoms with Gasteiger partial charge in [0.15, 0.2) is 5.82 Å². The van der Waals surface area contributed by atoms with Crippen molar-refractivity contribution in [2.24, 2.45) is 0 Å². The lowest BCUT2D eigenvalue weighted by atomic mass is 10.3. The molecule has 0 aliphatic carbocycles. The molecule has 0 spiro atoms. The van der Waals surface area contributed by atoms with Crippen molar-refractivity contribution in [3.05, 3.63) is 46.2 Å². The number of benzene rings is 1. The van der Waals surface area contributed by atoms with Gasteiger partial charge >= 0.3 is 6.03 Å². The van der Waals surface area contributed by atoms with E-state index < -0.39 is 0 Å². The maximum atomic E-state index is 12.2. The Morgan fingerprint density at radius 2 is 1.82 bits per heavy atom. The third kappa shape index (κ3) is 3.68. The highest BCUT2D eigenvalue weighted by atomic mass is 127. The summed E-state index contributed by atoms with van der Waals surface area (Å²) in [5.74, 6) is 0.845. The van der Waals surface area contributed by atoms with Crippen LogP contribution in [0.15, 0.2) is 42.6 Å². The van der Waals surface area contributed by atoms with Crippen LogP contribution in [0.1, 0.15) is 12.8 Å². The van der Waals surface area contributed by atoms with Crippen molar-refractivity contribution >= 4 is 45.8 Å². The van der Waals surface area contributed by atoms with Gasteiger partial charge in [-0.2, -0.15) is 0 Å². The van der Waals surface area contributed by atoms with E-state index in [2.05, 4.69) is 43.1 Å². The molecular weight excluding hydrogens is 391 g/mol. The van der Waals surface area contributed by atoms with Gasteiger partial charge < -0.3 is 15.5 Å². The largest absolute Gasteiger partial charge is 0.355 e. The molecule has 0 atom stereocenters. The number of urea groups is 1. The monoisotopic (exact) mass is 408 g/mol. The maximum absolute atomic E-state index is 12.2. The Morgan fingerprint density at radius 3 is 2.55 bits per heavy atom. The van der Waals surface area contributed by atoms with Gasteiger partial charge in [-0.3, -0.25) is 0 Å². The van der Waals surface area contributed by atoms with Gasteiger partial charge in [-0.1, -0.05) is 0 Å². The first-order valence-electron chi connectivity index (χ1n) is 7.26. The molecule has 1 aliphatic heterocycles. The predicted octanol–water partition coefficient (Wildman–Crippen LogP) is 3.93. The normalized spacial score (nSPS) is 14.0. The summed E-state index contributed by atoms with van der Waals surface area (Å²) in [5.41, 5.74) is 1.51. The molecule has 0 unspecified atom stereocenters. The van der Waals surface area contributed by atoms with Crippen molar-refractivity contribution in [2.75, 3.05) is 28.6 Å². The summed E-state index contributed by atoms with van der Waals surface area (Å²) in [6.07, 6.45) is 4.10. The van der Waals surface area contributed by atoms with Crippen molar-refractivity contribution in [2.45, 2.75) is 12.8 Å². The van der Waals surface area contributed by atoms with Crippen LogP contribution in [0.5, 0.6) is 0 Å². The molecule has 6 heteroatoms. The number of hydrogen-bond acceptors (Lipinski definition) is 3. The Labute approximate surface area is 143 Å². The molecule has 0 saturated carbocycles. The third-order valence-corrected chi connectivity index (χ3v) is 4.26. The second-order valence-electron chi connectivity index (χ2n) is 5.15. The molecule has 1 aliphatic rings. The molecule has 3 rings (SSSR count). The van der Waals surface area contributed by atoms with Gasteiger partial charge in [0.2, 0.25) is 0 Å². The number of hydrogen-bond donors (Lipinski definition) is 2. The first-order chi connectivity index (χ1) is 10.7. The molecule has 2 amide bonds. The highest BCUT2D eigenvalue weighted by Crippen LogP contribution is 2.26. The highest BCUT2D eigenvalue weighted by Gasteiger charge is 2.17.